The summed E-state index contributed by atoms with van der Waals surface area (Å²) in [5.41, 5.74) is 5.27. The predicted molar refractivity (Wildman–Crippen MR) is 57.4 cm³/mol. The molecule has 0 spiro atoms. The normalized spacial score (nSPS) is 37.1. The second kappa shape index (κ2) is 4.41. The summed E-state index contributed by atoms with van der Waals surface area (Å²) in [5, 5.41) is 2.83. The molecule has 5 nitrogen and oxygen atoms in total. The van der Waals surface area contributed by atoms with Crippen LogP contribution in [-0.2, 0) is 14.3 Å². The number of epoxide rings is 1. The van der Waals surface area contributed by atoms with E-state index in [4.69, 9.17) is 10.5 Å². The van der Waals surface area contributed by atoms with E-state index in [2.05, 4.69) is 5.32 Å². The maximum atomic E-state index is 11.8. The zero-order valence-corrected chi connectivity index (χ0v) is 9.44. The molecule has 1 heterocycles. The van der Waals surface area contributed by atoms with Crippen molar-refractivity contribution in [1.82, 2.24) is 5.32 Å². The van der Waals surface area contributed by atoms with E-state index < -0.39 is 0 Å². The Morgan fingerprint density at radius 2 is 2.00 bits per heavy atom. The van der Waals surface area contributed by atoms with E-state index in [1.807, 2.05) is 6.92 Å². The van der Waals surface area contributed by atoms with Crippen LogP contribution < -0.4 is 11.1 Å². The third kappa shape index (κ3) is 2.35. The van der Waals surface area contributed by atoms with Crippen molar-refractivity contribution in [2.24, 2.45) is 17.6 Å². The molecule has 1 saturated carbocycles. The van der Waals surface area contributed by atoms with Crippen LogP contribution in [0.4, 0.5) is 0 Å². The molecule has 2 rings (SSSR count). The SMILES string of the molecule is CC1OC1CNC(=O)C1CCCC1C(N)=O. The van der Waals surface area contributed by atoms with Gasteiger partial charge in [0.05, 0.1) is 6.10 Å². The Bertz CT molecular complexity index is 306. The van der Waals surface area contributed by atoms with Gasteiger partial charge in [-0.25, -0.2) is 0 Å². The quantitative estimate of drug-likeness (QED) is 0.650. The summed E-state index contributed by atoms with van der Waals surface area (Å²) in [6.45, 7) is 2.51. The van der Waals surface area contributed by atoms with Gasteiger partial charge in [-0.3, -0.25) is 9.59 Å². The first-order chi connectivity index (χ1) is 7.59. The van der Waals surface area contributed by atoms with E-state index in [0.29, 0.717) is 6.54 Å². The lowest BCUT2D eigenvalue weighted by molar-refractivity contribution is -0.132. The Balaban J connectivity index is 1.81. The molecule has 0 aromatic carbocycles. The number of primary amides is 1. The molecule has 5 heteroatoms. The lowest BCUT2D eigenvalue weighted by Crippen LogP contribution is -2.39. The summed E-state index contributed by atoms with van der Waals surface area (Å²) < 4.78 is 5.20. The smallest absolute Gasteiger partial charge is 0.224 e. The first-order valence-electron chi connectivity index (χ1n) is 5.82. The average Bonchev–Trinajstić information content (AvgIpc) is 2.78. The van der Waals surface area contributed by atoms with Crippen LogP contribution in [-0.4, -0.2) is 30.6 Å². The fraction of sp³-hybridized carbons (Fsp3) is 0.818. The maximum Gasteiger partial charge on any atom is 0.224 e. The van der Waals surface area contributed by atoms with Crippen LogP contribution in [0.25, 0.3) is 0 Å². The van der Waals surface area contributed by atoms with E-state index in [0.717, 1.165) is 19.3 Å². The monoisotopic (exact) mass is 226 g/mol. The van der Waals surface area contributed by atoms with Gasteiger partial charge in [0.1, 0.15) is 6.10 Å². The van der Waals surface area contributed by atoms with Crippen molar-refractivity contribution < 1.29 is 14.3 Å². The zero-order chi connectivity index (χ0) is 11.7. The molecule has 0 aromatic heterocycles. The van der Waals surface area contributed by atoms with E-state index in [1.54, 1.807) is 0 Å². The largest absolute Gasteiger partial charge is 0.369 e. The number of nitrogens with one attached hydrogen (secondary N) is 1. The zero-order valence-electron chi connectivity index (χ0n) is 9.44. The van der Waals surface area contributed by atoms with Crippen LogP contribution in [0.1, 0.15) is 26.2 Å². The third-order valence-electron chi connectivity index (χ3n) is 3.53. The molecule has 0 radical (unpaired) electrons. The summed E-state index contributed by atoms with van der Waals surface area (Å²) in [4.78, 5) is 23.0. The summed E-state index contributed by atoms with van der Waals surface area (Å²) in [6, 6.07) is 0. The van der Waals surface area contributed by atoms with Crippen molar-refractivity contribution in [3.05, 3.63) is 0 Å². The lowest BCUT2D eigenvalue weighted by atomic mass is 9.94. The summed E-state index contributed by atoms with van der Waals surface area (Å²) in [6.07, 6.45) is 2.81. The highest BCUT2D eigenvalue weighted by Crippen LogP contribution is 2.31. The molecule has 1 saturated heterocycles. The van der Waals surface area contributed by atoms with Gasteiger partial charge in [0, 0.05) is 18.4 Å². The number of hydrogen-bond acceptors (Lipinski definition) is 3. The number of amides is 2. The van der Waals surface area contributed by atoms with Gasteiger partial charge in [0.2, 0.25) is 11.8 Å². The fourth-order valence-electron chi connectivity index (χ4n) is 2.39. The Labute approximate surface area is 94.7 Å². The average molecular weight is 226 g/mol. The fourth-order valence-corrected chi connectivity index (χ4v) is 2.39. The Morgan fingerprint density at radius 1 is 1.38 bits per heavy atom. The molecule has 0 aromatic rings. The number of carbonyl (C=O) groups is 2. The molecule has 2 fully saturated rings. The first kappa shape index (κ1) is 11.4. The van der Waals surface area contributed by atoms with Crippen molar-refractivity contribution >= 4 is 11.8 Å². The van der Waals surface area contributed by atoms with Crippen LogP contribution in [0.2, 0.25) is 0 Å². The van der Waals surface area contributed by atoms with Crippen molar-refractivity contribution in [1.29, 1.82) is 0 Å². The Kier molecular flexibility index (Phi) is 3.14. The number of ether oxygens (including phenoxy) is 1. The molecule has 4 unspecified atom stereocenters. The van der Waals surface area contributed by atoms with E-state index >= 15 is 0 Å². The molecule has 16 heavy (non-hydrogen) atoms. The van der Waals surface area contributed by atoms with Crippen LogP contribution in [0.3, 0.4) is 0 Å². The second-order valence-corrected chi connectivity index (χ2v) is 4.67. The molecule has 3 N–H and O–H groups in total. The van der Waals surface area contributed by atoms with Gasteiger partial charge in [-0.2, -0.15) is 0 Å². The standard InChI is InChI=1S/C11H18N2O3/c1-6-9(16-6)5-13-11(15)8-4-2-3-7(8)10(12)14/h6-9H,2-5H2,1H3,(H2,12,14)(H,13,15). The van der Waals surface area contributed by atoms with Gasteiger partial charge < -0.3 is 15.8 Å². The lowest BCUT2D eigenvalue weighted by Gasteiger charge is -2.15. The molecule has 4 atom stereocenters. The molecule has 2 aliphatic rings. The Morgan fingerprint density at radius 3 is 2.56 bits per heavy atom. The molecule has 1 aliphatic carbocycles. The predicted octanol–water partition coefficient (Wildman–Crippen LogP) is -0.208. The van der Waals surface area contributed by atoms with Crippen molar-refractivity contribution in [2.75, 3.05) is 6.54 Å². The van der Waals surface area contributed by atoms with Gasteiger partial charge >= 0.3 is 0 Å². The highest BCUT2D eigenvalue weighted by Gasteiger charge is 2.38. The van der Waals surface area contributed by atoms with Crippen molar-refractivity contribution in [3.63, 3.8) is 0 Å². The van der Waals surface area contributed by atoms with E-state index in [-0.39, 0.29) is 35.9 Å². The molecule has 1 aliphatic heterocycles. The number of hydrogen-bond donors (Lipinski definition) is 2. The van der Waals surface area contributed by atoms with Crippen LogP contribution in [0.15, 0.2) is 0 Å². The van der Waals surface area contributed by atoms with Gasteiger partial charge in [-0.15, -0.1) is 0 Å². The van der Waals surface area contributed by atoms with Gasteiger partial charge in [0.15, 0.2) is 0 Å². The minimum atomic E-state index is -0.353. The number of carbonyl (C=O) groups excluding carboxylic acids is 2. The van der Waals surface area contributed by atoms with Crippen molar-refractivity contribution in [3.8, 4) is 0 Å². The molecule has 90 valence electrons. The first-order valence-corrected chi connectivity index (χ1v) is 5.82. The van der Waals surface area contributed by atoms with Gasteiger partial charge in [-0.1, -0.05) is 6.42 Å². The minimum Gasteiger partial charge on any atom is -0.369 e. The third-order valence-corrected chi connectivity index (χ3v) is 3.53. The minimum absolute atomic E-state index is 0.0519. The van der Waals surface area contributed by atoms with Gasteiger partial charge in [-0.05, 0) is 19.8 Å². The molecule has 2 amide bonds. The van der Waals surface area contributed by atoms with Gasteiger partial charge in [0.25, 0.3) is 0 Å². The number of nitrogens with two attached hydrogens (primary N) is 1. The number of rotatable bonds is 4. The molecule has 0 bridgehead atoms. The summed E-state index contributed by atoms with van der Waals surface area (Å²) in [7, 11) is 0. The molecular formula is C11H18N2O3. The highest BCUT2D eigenvalue weighted by atomic mass is 16.6. The summed E-state index contributed by atoms with van der Waals surface area (Å²) in [5.74, 6) is -0.915. The van der Waals surface area contributed by atoms with Crippen LogP contribution in [0.5, 0.6) is 0 Å². The van der Waals surface area contributed by atoms with Crippen LogP contribution >= 0.6 is 0 Å². The van der Waals surface area contributed by atoms with E-state index in [1.165, 1.54) is 0 Å². The second-order valence-electron chi connectivity index (χ2n) is 4.67. The topological polar surface area (TPSA) is 84.7 Å². The maximum absolute atomic E-state index is 11.8. The Hall–Kier alpha value is -1.10. The summed E-state index contributed by atoms with van der Waals surface area (Å²) >= 11 is 0. The highest BCUT2D eigenvalue weighted by molar-refractivity contribution is 5.87. The van der Waals surface area contributed by atoms with Crippen molar-refractivity contribution in [2.45, 2.75) is 38.4 Å². The van der Waals surface area contributed by atoms with E-state index in [9.17, 15) is 9.59 Å². The van der Waals surface area contributed by atoms with Crippen LogP contribution in [0, 0.1) is 11.8 Å². The molecular weight excluding hydrogens is 208 g/mol.